The molecule has 2 atom stereocenters. The van der Waals surface area contributed by atoms with Gasteiger partial charge in [0.25, 0.3) is 5.56 Å². The van der Waals surface area contributed by atoms with Crippen molar-refractivity contribution in [1.29, 1.82) is 0 Å². The van der Waals surface area contributed by atoms with E-state index in [0.717, 1.165) is 59.4 Å². The minimum atomic E-state index is -0.230. The van der Waals surface area contributed by atoms with Crippen molar-refractivity contribution in [2.45, 2.75) is 49.0 Å². The van der Waals surface area contributed by atoms with E-state index in [1.807, 2.05) is 30.5 Å². The monoisotopic (exact) mass is 401 g/mol. The molecule has 1 aromatic heterocycles. The van der Waals surface area contributed by atoms with Crippen LogP contribution in [0.25, 0.3) is 5.57 Å². The fourth-order valence-corrected chi connectivity index (χ4v) is 4.78. The van der Waals surface area contributed by atoms with Gasteiger partial charge in [0.15, 0.2) is 0 Å². The van der Waals surface area contributed by atoms with E-state index in [4.69, 9.17) is 11.6 Å². The molecule has 0 spiro atoms. The number of aliphatic hydroxyl groups is 1. The van der Waals surface area contributed by atoms with Gasteiger partial charge in [-0.3, -0.25) is 4.79 Å². The molecule has 1 unspecified atom stereocenters. The Balaban J connectivity index is 1.76. The molecule has 2 aromatic rings. The van der Waals surface area contributed by atoms with Crippen LogP contribution in [0.4, 0.5) is 0 Å². The van der Waals surface area contributed by atoms with Gasteiger partial charge >= 0.3 is 0 Å². The highest BCUT2D eigenvalue weighted by Gasteiger charge is 2.27. The smallest absolute Gasteiger partial charge is 0.251 e. The van der Waals surface area contributed by atoms with Crippen LogP contribution >= 0.6 is 23.4 Å². The summed E-state index contributed by atoms with van der Waals surface area (Å²) in [6.07, 6.45) is 8.75. The van der Waals surface area contributed by atoms with E-state index in [-0.39, 0.29) is 11.7 Å². The summed E-state index contributed by atoms with van der Waals surface area (Å²) >= 11 is 8.06. The predicted molar refractivity (Wildman–Crippen MR) is 113 cm³/mol. The third kappa shape index (κ3) is 4.18. The number of aromatic amines is 1. The van der Waals surface area contributed by atoms with Crippen molar-refractivity contribution in [2.24, 2.45) is 5.92 Å². The SMILES string of the molecule is CSc1ccc(C(=C[C@H]2CCC(O)C2)c2ccc(C3CC3)c(=O)[nH]2)cc1Cl. The summed E-state index contributed by atoms with van der Waals surface area (Å²) in [5, 5.41) is 10.6. The second-order valence-electron chi connectivity index (χ2n) is 7.59. The first kappa shape index (κ1) is 18.9. The van der Waals surface area contributed by atoms with Crippen molar-refractivity contribution < 1.29 is 5.11 Å². The molecule has 0 amide bonds. The first-order valence-corrected chi connectivity index (χ1v) is 11.1. The maximum atomic E-state index is 12.6. The van der Waals surface area contributed by atoms with Crippen molar-refractivity contribution in [3.8, 4) is 0 Å². The number of hydrogen-bond acceptors (Lipinski definition) is 3. The largest absolute Gasteiger partial charge is 0.393 e. The van der Waals surface area contributed by atoms with Crippen molar-refractivity contribution in [3.63, 3.8) is 0 Å². The van der Waals surface area contributed by atoms with Crippen molar-refractivity contribution in [2.75, 3.05) is 6.26 Å². The van der Waals surface area contributed by atoms with Crippen LogP contribution in [-0.4, -0.2) is 22.5 Å². The lowest BCUT2D eigenvalue weighted by molar-refractivity contribution is 0.180. The molecule has 2 fully saturated rings. The fourth-order valence-electron chi connectivity index (χ4n) is 3.91. The van der Waals surface area contributed by atoms with E-state index in [1.165, 1.54) is 0 Å². The van der Waals surface area contributed by atoms with Gasteiger partial charge in [0, 0.05) is 21.7 Å². The van der Waals surface area contributed by atoms with Gasteiger partial charge in [0.05, 0.1) is 11.1 Å². The highest BCUT2D eigenvalue weighted by molar-refractivity contribution is 7.98. The lowest BCUT2D eigenvalue weighted by Gasteiger charge is -2.14. The number of H-pyrrole nitrogens is 1. The van der Waals surface area contributed by atoms with Gasteiger partial charge in [-0.1, -0.05) is 29.8 Å². The maximum absolute atomic E-state index is 12.6. The zero-order valence-electron chi connectivity index (χ0n) is 15.4. The summed E-state index contributed by atoms with van der Waals surface area (Å²) in [7, 11) is 0. The maximum Gasteiger partial charge on any atom is 0.251 e. The van der Waals surface area contributed by atoms with E-state index in [0.29, 0.717) is 16.9 Å². The van der Waals surface area contributed by atoms with Crippen molar-refractivity contribution in [1.82, 2.24) is 4.98 Å². The molecule has 1 heterocycles. The van der Waals surface area contributed by atoms with Crippen molar-refractivity contribution >= 4 is 28.9 Å². The van der Waals surface area contributed by atoms with Crippen LogP contribution in [0.2, 0.25) is 5.02 Å². The summed E-state index contributed by atoms with van der Waals surface area (Å²) in [6, 6.07) is 10.0. The second-order valence-corrected chi connectivity index (χ2v) is 8.84. The van der Waals surface area contributed by atoms with Crippen LogP contribution in [0.1, 0.15) is 54.8 Å². The standard InChI is InChI=1S/C22H24ClNO2S/c1-27-21-9-5-15(12-19(21)23)18(11-13-2-6-16(25)10-13)20-8-7-17(14-3-4-14)22(26)24-20/h5,7-9,11-14,16,25H,2-4,6,10H2,1H3,(H,24,26)/t13-,16?/m0/s1. The molecule has 2 saturated carbocycles. The third-order valence-corrected chi connectivity index (χ3v) is 6.78. The molecule has 5 heteroatoms. The average molecular weight is 402 g/mol. The fraction of sp³-hybridized carbons (Fsp3) is 0.409. The Hall–Kier alpha value is -1.49. The van der Waals surface area contributed by atoms with Crippen molar-refractivity contribution in [3.05, 3.63) is 68.6 Å². The zero-order chi connectivity index (χ0) is 19.0. The molecule has 2 aliphatic rings. The van der Waals surface area contributed by atoms with E-state index in [9.17, 15) is 9.90 Å². The molecule has 2 N–H and O–H groups in total. The highest BCUT2D eigenvalue weighted by Crippen LogP contribution is 2.39. The third-order valence-electron chi connectivity index (χ3n) is 5.56. The summed E-state index contributed by atoms with van der Waals surface area (Å²) < 4.78 is 0. The van der Waals surface area contributed by atoms with Crippen LogP contribution in [0, 0.1) is 5.92 Å². The summed E-state index contributed by atoms with van der Waals surface area (Å²) in [6.45, 7) is 0. The molecule has 0 aliphatic heterocycles. The summed E-state index contributed by atoms with van der Waals surface area (Å²) in [5.74, 6) is 0.733. The summed E-state index contributed by atoms with van der Waals surface area (Å²) in [5.41, 5.74) is 3.71. The van der Waals surface area contributed by atoms with Gasteiger partial charge in [0.1, 0.15) is 0 Å². The Bertz CT molecular complexity index is 932. The molecule has 27 heavy (non-hydrogen) atoms. The molecule has 3 nitrogen and oxygen atoms in total. The molecule has 142 valence electrons. The molecule has 0 bridgehead atoms. The number of aromatic nitrogens is 1. The van der Waals surface area contributed by atoms with Crippen LogP contribution in [0.3, 0.4) is 0 Å². The second kappa shape index (κ2) is 7.86. The van der Waals surface area contributed by atoms with Crippen LogP contribution in [0.5, 0.6) is 0 Å². The minimum absolute atomic E-state index is 0.0131. The molecular weight excluding hydrogens is 378 g/mol. The number of hydrogen-bond donors (Lipinski definition) is 2. The lowest BCUT2D eigenvalue weighted by atomic mass is 9.95. The van der Waals surface area contributed by atoms with Crippen LogP contribution in [0.15, 0.2) is 46.1 Å². The number of nitrogens with one attached hydrogen (secondary N) is 1. The molecule has 4 rings (SSSR count). The first-order valence-electron chi connectivity index (χ1n) is 9.52. The van der Waals surface area contributed by atoms with Gasteiger partial charge in [0.2, 0.25) is 0 Å². The van der Waals surface area contributed by atoms with E-state index < -0.39 is 0 Å². The average Bonchev–Trinajstić information content (AvgIpc) is 3.41. The zero-order valence-corrected chi connectivity index (χ0v) is 16.9. The number of aliphatic hydroxyl groups excluding tert-OH is 1. The van der Waals surface area contributed by atoms with Gasteiger partial charge in [-0.2, -0.15) is 0 Å². The Morgan fingerprint density at radius 1 is 1.22 bits per heavy atom. The van der Waals surface area contributed by atoms with Gasteiger partial charge in [-0.15, -0.1) is 11.8 Å². The molecule has 0 saturated heterocycles. The van der Waals surface area contributed by atoms with Crippen LogP contribution < -0.4 is 5.56 Å². The lowest BCUT2D eigenvalue weighted by Crippen LogP contribution is -2.13. The molecule has 2 aliphatic carbocycles. The molecule has 1 aromatic carbocycles. The normalized spacial score (nSPS) is 23.0. The predicted octanol–water partition coefficient (Wildman–Crippen LogP) is 5.22. The quantitative estimate of drug-likeness (QED) is 0.675. The van der Waals surface area contributed by atoms with Gasteiger partial charge in [-0.05, 0) is 74.0 Å². The highest BCUT2D eigenvalue weighted by atomic mass is 35.5. The minimum Gasteiger partial charge on any atom is -0.393 e. The topological polar surface area (TPSA) is 53.1 Å². The Labute approximate surface area is 168 Å². The van der Waals surface area contributed by atoms with E-state index >= 15 is 0 Å². The number of rotatable bonds is 5. The number of pyridine rings is 1. The number of benzene rings is 1. The Morgan fingerprint density at radius 2 is 2.04 bits per heavy atom. The number of halogens is 1. The van der Waals surface area contributed by atoms with E-state index in [2.05, 4.69) is 17.1 Å². The number of allylic oxidation sites excluding steroid dienone is 1. The van der Waals surface area contributed by atoms with Gasteiger partial charge < -0.3 is 10.1 Å². The molecular formula is C22H24ClNO2S. The Kier molecular flexibility index (Phi) is 5.49. The summed E-state index contributed by atoms with van der Waals surface area (Å²) in [4.78, 5) is 16.7. The van der Waals surface area contributed by atoms with E-state index in [1.54, 1.807) is 11.8 Å². The Morgan fingerprint density at radius 3 is 2.63 bits per heavy atom. The number of thioether (sulfide) groups is 1. The van der Waals surface area contributed by atoms with Crippen LogP contribution in [-0.2, 0) is 0 Å². The molecule has 0 radical (unpaired) electrons. The first-order chi connectivity index (χ1) is 13.0. The van der Waals surface area contributed by atoms with Gasteiger partial charge in [-0.25, -0.2) is 0 Å².